The SMILES string of the molecule is CC1(c2ccccc2)c2ccccc2-c2cc(-c3cccc4c3Oc3ccccc3C4(c3ccccc3)c3ccccc3)ccc21. The Hall–Kier alpha value is -5.66. The molecule has 1 heterocycles. The molecule has 7 aromatic rings. The molecule has 1 heteroatoms. The Morgan fingerprint density at radius 2 is 0.913 bits per heavy atom. The van der Waals surface area contributed by atoms with E-state index in [0.717, 1.165) is 33.8 Å². The summed E-state index contributed by atoms with van der Waals surface area (Å²) in [6.07, 6.45) is 0. The second kappa shape index (κ2) is 10.2. The Morgan fingerprint density at radius 1 is 0.391 bits per heavy atom. The van der Waals surface area contributed by atoms with E-state index in [9.17, 15) is 0 Å². The van der Waals surface area contributed by atoms with Gasteiger partial charge in [-0.25, -0.2) is 0 Å². The van der Waals surface area contributed by atoms with Gasteiger partial charge in [-0.1, -0.05) is 164 Å². The molecule has 0 saturated carbocycles. The maximum Gasteiger partial charge on any atom is 0.140 e. The van der Waals surface area contributed by atoms with E-state index in [1.807, 2.05) is 0 Å². The van der Waals surface area contributed by atoms with Crippen molar-refractivity contribution in [2.24, 2.45) is 0 Å². The van der Waals surface area contributed by atoms with Gasteiger partial charge in [0.15, 0.2) is 0 Å². The standard InChI is InChI=1S/C45H32O/c1-44(32-16-5-2-6-17-32)38-24-12-11-22-36(38)37-30-31(28-29-39(37)44)35-23-15-26-41-43(35)46-42-27-14-13-25-40(42)45(41,33-18-7-3-8-19-33)34-20-9-4-10-21-34/h2-30H,1H3. The van der Waals surface area contributed by atoms with Gasteiger partial charge in [0.2, 0.25) is 0 Å². The fourth-order valence-corrected chi connectivity index (χ4v) is 8.21. The summed E-state index contributed by atoms with van der Waals surface area (Å²) in [5, 5.41) is 0. The van der Waals surface area contributed by atoms with Gasteiger partial charge in [-0.15, -0.1) is 0 Å². The Kier molecular flexibility index (Phi) is 5.92. The molecule has 1 aliphatic carbocycles. The van der Waals surface area contributed by atoms with Crippen molar-refractivity contribution in [3.05, 3.63) is 215 Å². The maximum absolute atomic E-state index is 6.96. The normalized spacial score (nSPS) is 16.8. The lowest BCUT2D eigenvalue weighted by Gasteiger charge is -2.42. The molecule has 0 bridgehead atoms. The Bertz CT molecular complexity index is 2190. The van der Waals surface area contributed by atoms with Crippen LogP contribution in [-0.2, 0) is 10.8 Å². The molecule has 0 saturated heterocycles. The molecule has 0 radical (unpaired) electrons. The number of hydrogen-bond donors (Lipinski definition) is 0. The lowest BCUT2D eigenvalue weighted by molar-refractivity contribution is 0.436. The topological polar surface area (TPSA) is 9.23 Å². The summed E-state index contributed by atoms with van der Waals surface area (Å²) in [7, 11) is 0. The molecule has 0 fully saturated rings. The van der Waals surface area contributed by atoms with Gasteiger partial charge in [0.25, 0.3) is 0 Å². The van der Waals surface area contributed by atoms with Crippen LogP contribution in [0.4, 0.5) is 0 Å². The van der Waals surface area contributed by atoms with Crippen molar-refractivity contribution in [2.45, 2.75) is 17.8 Å². The largest absolute Gasteiger partial charge is 0.456 e. The number of rotatable bonds is 4. The summed E-state index contributed by atoms with van der Waals surface area (Å²) in [5.41, 5.74) is 12.8. The first-order valence-corrected chi connectivity index (χ1v) is 16.0. The minimum absolute atomic E-state index is 0.229. The van der Waals surface area contributed by atoms with Crippen LogP contribution in [0.5, 0.6) is 11.5 Å². The Morgan fingerprint density at radius 3 is 1.61 bits per heavy atom. The van der Waals surface area contributed by atoms with E-state index in [4.69, 9.17) is 4.74 Å². The first-order valence-electron chi connectivity index (χ1n) is 16.0. The van der Waals surface area contributed by atoms with Gasteiger partial charge in [-0.2, -0.15) is 0 Å². The fraction of sp³-hybridized carbons (Fsp3) is 0.0667. The molecule has 1 atom stereocenters. The molecule has 1 unspecified atom stereocenters. The molecule has 0 N–H and O–H groups in total. The van der Waals surface area contributed by atoms with Crippen molar-refractivity contribution in [3.8, 4) is 33.8 Å². The minimum Gasteiger partial charge on any atom is -0.456 e. The molecule has 0 aromatic heterocycles. The molecule has 1 aliphatic heterocycles. The second-order valence-electron chi connectivity index (χ2n) is 12.6. The van der Waals surface area contributed by atoms with Crippen molar-refractivity contribution in [2.75, 3.05) is 0 Å². The van der Waals surface area contributed by atoms with E-state index in [0.29, 0.717) is 0 Å². The Balaban J connectivity index is 1.31. The molecule has 0 amide bonds. The highest BCUT2D eigenvalue weighted by Gasteiger charge is 2.46. The van der Waals surface area contributed by atoms with Crippen molar-refractivity contribution >= 4 is 0 Å². The highest BCUT2D eigenvalue weighted by atomic mass is 16.5. The van der Waals surface area contributed by atoms with E-state index >= 15 is 0 Å². The van der Waals surface area contributed by atoms with Crippen LogP contribution in [0.2, 0.25) is 0 Å². The van der Waals surface area contributed by atoms with E-state index in [2.05, 4.69) is 183 Å². The van der Waals surface area contributed by atoms with Gasteiger partial charge in [0.05, 0.1) is 5.41 Å². The first-order chi connectivity index (χ1) is 22.7. The van der Waals surface area contributed by atoms with E-state index < -0.39 is 5.41 Å². The summed E-state index contributed by atoms with van der Waals surface area (Å²) in [6, 6.07) is 63.8. The highest BCUT2D eigenvalue weighted by molar-refractivity contribution is 5.88. The summed E-state index contributed by atoms with van der Waals surface area (Å²) >= 11 is 0. The molecule has 7 aromatic carbocycles. The zero-order chi connectivity index (χ0) is 30.7. The van der Waals surface area contributed by atoms with Gasteiger partial charge in [-0.3, -0.25) is 0 Å². The van der Waals surface area contributed by atoms with Gasteiger partial charge in [0, 0.05) is 22.1 Å². The molecule has 9 rings (SSSR count). The van der Waals surface area contributed by atoms with Crippen LogP contribution in [0.3, 0.4) is 0 Å². The molecular weight excluding hydrogens is 556 g/mol. The lowest BCUT2D eigenvalue weighted by atomic mass is 9.63. The van der Waals surface area contributed by atoms with Gasteiger partial charge >= 0.3 is 0 Å². The molecule has 0 spiro atoms. The van der Waals surface area contributed by atoms with Crippen LogP contribution in [-0.4, -0.2) is 0 Å². The number of ether oxygens (including phenoxy) is 1. The third-order valence-electron chi connectivity index (χ3n) is 10.3. The summed E-state index contributed by atoms with van der Waals surface area (Å²) < 4.78 is 6.96. The fourth-order valence-electron chi connectivity index (χ4n) is 8.21. The molecule has 1 nitrogen and oxygen atoms in total. The monoisotopic (exact) mass is 588 g/mol. The van der Waals surface area contributed by atoms with Crippen LogP contribution < -0.4 is 4.74 Å². The van der Waals surface area contributed by atoms with E-state index in [-0.39, 0.29) is 5.41 Å². The number of fused-ring (bicyclic) bond motifs is 5. The number of benzene rings is 7. The molecule has 218 valence electrons. The predicted molar refractivity (Wildman–Crippen MR) is 188 cm³/mol. The highest BCUT2D eigenvalue weighted by Crippen LogP contribution is 2.58. The zero-order valence-corrected chi connectivity index (χ0v) is 25.7. The van der Waals surface area contributed by atoms with E-state index in [1.165, 1.54) is 38.9 Å². The first kappa shape index (κ1) is 26.7. The van der Waals surface area contributed by atoms with Crippen molar-refractivity contribution in [1.82, 2.24) is 0 Å². The molecular formula is C45H32O. The summed E-state index contributed by atoms with van der Waals surface area (Å²) in [5.74, 6) is 1.80. The predicted octanol–water partition coefficient (Wildman–Crippen LogP) is 11.2. The van der Waals surface area contributed by atoms with Crippen LogP contribution in [0.25, 0.3) is 22.3 Å². The average molecular weight is 589 g/mol. The summed E-state index contributed by atoms with van der Waals surface area (Å²) in [6.45, 7) is 2.37. The van der Waals surface area contributed by atoms with Gasteiger partial charge in [0.1, 0.15) is 11.5 Å². The van der Waals surface area contributed by atoms with E-state index in [1.54, 1.807) is 0 Å². The molecule has 2 aliphatic rings. The lowest BCUT2D eigenvalue weighted by Crippen LogP contribution is -2.34. The Labute approximate surface area is 270 Å². The quantitative estimate of drug-likeness (QED) is 0.199. The van der Waals surface area contributed by atoms with Crippen LogP contribution in [0.15, 0.2) is 176 Å². The maximum atomic E-state index is 6.96. The van der Waals surface area contributed by atoms with Crippen molar-refractivity contribution < 1.29 is 4.74 Å². The third kappa shape index (κ3) is 3.63. The van der Waals surface area contributed by atoms with Crippen LogP contribution >= 0.6 is 0 Å². The van der Waals surface area contributed by atoms with Gasteiger partial charge < -0.3 is 4.74 Å². The van der Waals surface area contributed by atoms with Crippen molar-refractivity contribution in [1.29, 1.82) is 0 Å². The summed E-state index contributed by atoms with van der Waals surface area (Å²) in [4.78, 5) is 0. The van der Waals surface area contributed by atoms with Gasteiger partial charge in [-0.05, 0) is 63.6 Å². The smallest absolute Gasteiger partial charge is 0.140 e. The van der Waals surface area contributed by atoms with Crippen LogP contribution in [0, 0.1) is 0 Å². The van der Waals surface area contributed by atoms with Crippen molar-refractivity contribution in [3.63, 3.8) is 0 Å². The number of para-hydroxylation sites is 2. The number of hydrogen-bond acceptors (Lipinski definition) is 1. The average Bonchev–Trinajstić information content (AvgIpc) is 3.39. The minimum atomic E-state index is -0.544. The second-order valence-corrected chi connectivity index (χ2v) is 12.6. The van der Waals surface area contributed by atoms with Crippen LogP contribution in [0.1, 0.15) is 45.9 Å². The molecule has 46 heavy (non-hydrogen) atoms. The third-order valence-corrected chi connectivity index (χ3v) is 10.3. The zero-order valence-electron chi connectivity index (χ0n) is 25.7.